The van der Waals surface area contributed by atoms with Crippen LogP contribution in [-0.4, -0.2) is 44.5 Å². The van der Waals surface area contributed by atoms with Crippen molar-refractivity contribution in [3.8, 4) is 11.6 Å². The smallest absolute Gasteiger partial charge is 0.335 e. The van der Waals surface area contributed by atoms with Crippen molar-refractivity contribution in [1.29, 1.82) is 0 Å². The maximum atomic E-state index is 12.7. The predicted molar refractivity (Wildman–Crippen MR) is 129 cm³/mol. The molecular weight excluding hydrogens is 436 g/mol. The van der Waals surface area contributed by atoms with Gasteiger partial charge in [-0.1, -0.05) is 43.3 Å². The molecule has 174 valence electrons. The number of nitrogens with zero attached hydrogens (tertiary/aromatic N) is 2. The second kappa shape index (κ2) is 9.62. The van der Waals surface area contributed by atoms with Gasteiger partial charge in [-0.05, 0) is 30.2 Å². The van der Waals surface area contributed by atoms with E-state index in [4.69, 9.17) is 4.74 Å². The second-order valence-corrected chi connectivity index (χ2v) is 7.66. The fraction of sp³-hybridized carbons (Fsp3) is 0.200. The Morgan fingerprint density at radius 1 is 1.12 bits per heavy atom. The molecule has 2 aromatic heterocycles. The van der Waals surface area contributed by atoms with Crippen LogP contribution in [-0.2, 0) is 16.0 Å². The van der Waals surface area contributed by atoms with Crippen molar-refractivity contribution < 1.29 is 14.6 Å². The van der Waals surface area contributed by atoms with E-state index in [0.29, 0.717) is 5.69 Å². The predicted octanol–water partition coefficient (Wildman–Crippen LogP) is 2.70. The average molecular weight is 460 g/mol. The van der Waals surface area contributed by atoms with Gasteiger partial charge in [-0.15, -0.1) is 0 Å². The molecule has 0 radical (unpaired) electrons. The molecule has 9 nitrogen and oxygen atoms in total. The summed E-state index contributed by atoms with van der Waals surface area (Å²) in [5.74, 6) is -1.13. The molecule has 0 unspecified atom stereocenters. The van der Waals surface area contributed by atoms with Crippen molar-refractivity contribution in [1.82, 2.24) is 14.5 Å². The monoisotopic (exact) mass is 460 g/mol. The molecule has 0 aliphatic carbocycles. The highest BCUT2D eigenvalue weighted by atomic mass is 16.5. The lowest BCUT2D eigenvalue weighted by atomic mass is 10.0. The van der Waals surface area contributed by atoms with Crippen LogP contribution in [0.1, 0.15) is 24.5 Å². The Balaban J connectivity index is 1.82. The highest BCUT2D eigenvalue weighted by Gasteiger charge is 2.25. The number of nitrogens with one attached hydrogen (secondary N) is 2. The summed E-state index contributed by atoms with van der Waals surface area (Å²) in [6.07, 6.45) is 2.25. The highest BCUT2D eigenvalue weighted by molar-refractivity contribution is 6.03. The first-order chi connectivity index (χ1) is 16.4. The summed E-state index contributed by atoms with van der Waals surface area (Å²) in [5.41, 5.74) is 0.600. The molecule has 3 N–H and O–H groups in total. The number of aromatic amines is 2. The summed E-state index contributed by atoms with van der Waals surface area (Å²) in [5, 5.41) is 11.9. The Labute approximate surface area is 194 Å². The van der Waals surface area contributed by atoms with Crippen molar-refractivity contribution in [3.05, 3.63) is 92.8 Å². The number of hydrogen-bond donors (Lipinski definition) is 3. The number of aromatic nitrogens is 3. The molecule has 0 saturated carbocycles. The minimum absolute atomic E-state index is 0.168. The van der Waals surface area contributed by atoms with Crippen molar-refractivity contribution in [2.24, 2.45) is 4.99 Å². The van der Waals surface area contributed by atoms with Gasteiger partial charge >= 0.3 is 11.7 Å². The van der Waals surface area contributed by atoms with Crippen LogP contribution in [0.15, 0.2) is 75.4 Å². The van der Waals surface area contributed by atoms with Gasteiger partial charge in [0.1, 0.15) is 5.56 Å². The Morgan fingerprint density at radius 3 is 2.53 bits per heavy atom. The van der Waals surface area contributed by atoms with E-state index in [1.54, 1.807) is 37.3 Å². The lowest BCUT2D eigenvalue weighted by molar-refractivity contribution is -0.142. The molecule has 34 heavy (non-hydrogen) atoms. The standard InChI is InChI=1S/C25H24N4O5/c1-3-18(21-22(30)28-25(33)29(23(21)31)16-9-5-4-6-10-16)27-20(24(32)34-2)13-15-14-26-19-12-8-7-11-17(15)19/h4-12,14,20,26,31H,3,13H2,1-2H3,(H,28,30,33)/t20-/m0/s1. The number of aliphatic imine (C=N–C) groups is 1. The largest absolute Gasteiger partial charge is 0.493 e. The van der Waals surface area contributed by atoms with Crippen LogP contribution in [0.4, 0.5) is 0 Å². The van der Waals surface area contributed by atoms with Gasteiger partial charge in [-0.3, -0.25) is 14.8 Å². The van der Waals surface area contributed by atoms with Crippen molar-refractivity contribution in [2.45, 2.75) is 25.8 Å². The molecule has 2 aromatic carbocycles. The molecule has 4 aromatic rings. The lowest BCUT2D eigenvalue weighted by Crippen LogP contribution is -2.34. The molecule has 2 heterocycles. The van der Waals surface area contributed by atoms with E-state index < -0.39 is 29.1 Å². The van der Waals surface area contributed by atoms with Crippen molar-refractivity contribution in [3.63, 3.8) is 0 Å². The third-order valence-corrected chi connectivity index (χ3v) is 5.60. The molecule has 0 spiro atoms. The number of benzene rings is 2. The van der Waals surface area contributed by atoms with Crippen molar-refractivity contribution >= 4 is 22.6 Å². The summed E-state index contributed by atoms with van der Waals surface area (Å²) < 4.78 is 5.96. The number of esters is 1. The van der Waals surface area contributed by atoms with Crippen LogP contribution in [0, 0.1) is 0 Å². The van der Waals surface area contributed by atoms with E-state index in [2.05, 4.69) is 15.0 Å². The van der Waals surface area contributed by atoms with E-state index >= 15 is 0 Å². The van der Waals surface area contributed by atoms with E-state index in [1.807, 2.05) is 30.5 Å². The van der Waals surface area contributed by atoms with Gasteiger partial charge in [0, 0.05) is 23.5 Å². The van der Waals surface area contributed by atoms with Crippen LogP contribution in [0.3, 0.4) is 0 Å². The summed E-state index contributed by atoms with van der Waals surface area (Å²) >= 11 is 0. The first-order valence-corrected chi connectivity index (χ1v) is 10.8. The minimum atomic E-state index is -0.963. The maximum Gasteiger partial charge on any atom is 0.335 e. The van der Waals surface area contributed by atoms with Crippen LogP contribution in [0.2, 0.25) is 0 Å². The number of H-pyrrole nitrogens is 2. The van der Waals surface area contributed by atoms with Crippen LogP contribution in [0.25, 0.3) is 16.6 Å². The number of fused-ring (bicyclic) bond motifs is 1. The zero-order valence-corrected chi connectivity index (χ0v) is 18.7. The Bertz CT molecular complexity index is 1480. The first kappa shape index (κ1) is 22.8. The Hall–Kier alpha value is -4.40. The van der Waals surface area contributed by atoms with Gasteiger partial charge in [-0.2, -0.15) is 0 Å². The van der Waals surface area contributed by atoms with Gasteiger partial charge in [0.25, 0.3) is 5.56 Å². The van der Waals surface area contributed by atoms with E-state index in [-0.39, 0.29) is 24.1 Å². The number of ether oxygens (including phenoxy) is 1. The average Bonchev–Trinajstić information content (AvgIpc) is 3.25. The zero-order chi connectivity index (χ0) is 24.2. The number of rotatable bonds is 7. The number of methoxy groups -OCH3 is 1. The van der Waals surface area contributed by atoms with E-state index in [9.17, 15) is 19.5 Å². The summed E-state index contributed by atoms with van der Waals surface area (Å²) in [6.45, 7) is 1.75. The fourth-order valence-electron chi connectivity index (χ4n) is 3.95. The lowest BCUT2D eigenvalue weighted by Gasteiger charge is -2.15. The Morgan fingerprint density at radius 2 is 1.82 bits per heavy atom. The number of carbonyl (C=O) groups is 1. The molecule has 4 rings (SSSR count). The number of hydrogen-bond acceptors (Lipinski definition) is 6. The molecule has 0 bridgehead atoms. The zero-order valence-electron chi connectivity index (χ0n) is 18.7. The minimum Gasteiger partial charge on any atom is -0.493 e. The first-order valence-electron chi connectivity index (χ1n) is 10.8. The topological polar surface area (TPSA) is 130 Å². The van der Waals surface area contributed by atoms with Gasteiger partial charge in [0.2, 0.25) is 5.88 Å². The second-order valence-electron chi connectivity index (χ2n) is 7.66. The molecule has 9 heteroatoms. The van der Waals surface area contributed by atoms with Crippen molar-refractivity contribution in [2.75, 3.05) is 7.11 Å². The molecular formula is C25H24N4O5. The normalized spacial score (nSPS) is 12.6. The van der Waals surface area contributed by atoms with Gasteiger partial charge in [0.15, 0.2) is 6.04 Å². The molecule has 0 fully saturated rings. The summed E-state index contributed by atoms with van der Waals surface area (Å²) in [4.78, 5) is 47.8. The number of aromatic hydroxyl groups is 1. The number of para-hydroxylation sites is 2. The highest BCUT2D eigenvalue weighted by Crippen LogP contribution is 2.22. The molecule has 0 aliphatic rings. The van der Waals surface area contributed by atoms with E-state index in [0.717, 1.165) is 21.0 Å². The molecule has 1 atom stereocenters. The van der Waals surface area contributed by atoms with Gasteiger partial charge < -0.3 is 14.8 Å². The third-order valence-electron chi connectivity index (χ3n) is 5.60. The molecule has 0 amide bonds. The van der Waals surface area contributed by atoms with Gasteiger partial charge in [-0.25, -0.2) is 14.2 Å². The Kier molecular flexibility index (Phi) is 6.44. The van der Waals surface area contributed by atoms with E-state index in [1.165, 1.54) is 7.11 Å². The molecule has 0 saturated heterocycles. The van der Waals surface area contributed by atoms with Crippen LogP contribution in [0.5, 0.6) is 5.88 Å². The van der Waals surface area contributed by atoms with Crippen LogP contribution < -0.4 is 11.2 Å². The third kappa shape index (κ3) is 4.27. The van der Waals surface area contributed by atoms with Crippen LogP contribution >= 0.6 is 0 Å². The SMILES string of the molecule is CCC(=N[C@@H](Cc1c[nH]c2ccccc12)C(=O)OC)c1c(O)n(-c2ccccc2)c(=O)[nH]c1=O. The quantitative estimate of drug-likeness (QED) is 0.288. The summed E-state index contributed by atoms with van der Waals surface area (Å²) in [6, 6.07) is 15.1. The number of carbonyl (C=O) groups excluding carboxylic acids is 1. The fourth-order valence-corrected chi connectivity index (χ4v) is 3.95. The summed E-state index contributed by atoms with van der Waals surface area (Å²) in [7, 11) is 1.27. The molecule has 0 aliphatic heterocycles. The van der Waals surface area contributed by atoms with Gasteiger partial charge in [0.05, 0.1) is 18.5 Å². The maximum absolute atomic E-state index is 12.7.